The van der Waals surface area contributed by atoms with E-state index in [1.165, 1.54) is 12.8 Å². The third-order valence-electron chi connectivity index (χ3n) is 7.01. The van der Waals surface area contributed by atoms with Gasteiger partial charge >= 0.3 is 24.7 Å². The van der Waals surface area contributed by atoms with Gasteiger partial charge in [0.2, 0.25) is 0 Å². The molecule has 0 heterocycles. The van der Waals surface area contributed by atoms with Gasteiger partial charge in [0.25, 0.3) is 0 Å². The molecule has 0 amide bonds. The summed E-state index contributed by atoms with van der Waals surface area (Å²) in [5, 5.41) is -2.06. The third-order valence-corrected chi connectivity index (χ3v) is 13.4. The molecule has 45 heavy (non-hydrogen) atoms. The van der Waals surface area contributed by atoms with Crippen molar-refractivity contribution in [3.8, 4) is 0 Å². The first-order valence-electron chi connectivity index (χ1n) is 13.5. The van der Waals surface area contributed by atoms with Crippen molar-refractivity contribution >= 4 is 26.5 Å². The SMILES string of the molecule is C[C@H]([C]1[CH][CH][CH][C]1P(c1cc(C(F)(F)F)cc(C(F)(F)F)c1)c1cc(C(F)(F)F)cc(C(F)(F)F)c1)P(C(C)(C)C)C(C)(C)C. The fourth-order valence-electron chi connectivity index (χ4n) is 5.85. The van der Waals surface area contributed by atoms with Gasteiger partial charge in [-0.2, -0.15) is 52.7 Å². The highest BCUT2D eigenvalue weighted by atomic mass is 31.1. The first kappa shape index (κ1) is 37.9. The van der Waals surface area contributed by atoms with E-state index in [9.17, 15) is 52.7 Å². The summed E-state index contributed by atoms with van der Waals surface area (Å²) in [5.74, 6) is 0.439. The van der Waals surface area contributed by atoms with Gasteiger partial charge in [0.1, 0.15) is 0 Å². The molecule has 14 heteroatoms. The average Bonchev–Trinajstić information content (AvgIpc) is 3.29. The predicted octanol–water partition coefficient (Wildman–Crippen LogP) is 11.4. The highest BCUT2D eigenvalue weighted by Crippen LogP contribution is 2.69. The lowest BCUT2D eigenvalue weighted by Gasteiger charge is -2.48. The van der Waals surface area contributed by atoms with Gasteiger partial charge in [0.15, 0.2) is 0 Å². The van der Waals surface area contributed by atoms with E-state index in [0.717, 1.165) is 0 Å². The molecule has 0 aliphatic heterocycles. The number of benzene rings is 2. The Kier molecular flexibility index (Phi) is 10.5. The van der Waals surface area contributed by atoms with Crippen LogP contribution in [0.25, 0.3) is 0 Å². The molecule has 1 atom stereocenters. The zero-order valence-corrected chi connectivity index (χ0v) is 27.0. The summed E-state index contributed by atoms with van der Waals surface area (Å²) in [6.45, 7) is 13.6. The summed E-state index contributed by atoms with van der Waals surface area (Å²) < 4.78 is 167. The Morgan fingerprint density at radius 1 is 0.489 bits per heavy atom. The molecule has 0 unspecified atom stereocenters. The fourth-order valence-corrected chi connectivity index (χ4v) is 13.5. The zero-order valence-electron chi connectivity index (χ0n) is 25.2. The maximum absolute atomic E-state index is 13.9. The smallest absolute Gasteiger partial charge is 0.166 e. The van der Waals surface area contributed by atoms with Gasteiger partial charge in [0, 0.05) is 5.66 Å². The Morgan fingerprint density at radius 3 is 1.07 bits per heavy atom. The van der Waals surface area contributed by atoms with Crippen molar-refractivity contribution in [3.63, 3.8) is 0 Å². The Morgan fingerprint density at radius 2 is 0.800 bits per heavy atom. The lowest BCUT2D eigenvalue weighted by molar-refractivity contribution is -0.144. The van der Waals surface area contributed by atoms with E-state index in [1.54, 1.807) is 6.42 Å². The molecular formula is C31H31F12P2. The van der Waals surface area contributed by atoms with Crippen molar-refractivity contribution in [3.05, 3.63) is 89.5 Å². The first-order valence-corrected chi connectivity index (χ1v) is 16.2. The molecular weight excluding hydrogens is 662 g/mol. The Bertz CT molecular complexity index is 1190. The zero-order chi connectivity index (χ0) is 34.7. The van der Waals surface area contributed by atoms with Crippen molar-refractivity contribution in [2.24, 2.45) is 0 Å². The number of hydrogen-bond acceptors (Lipinski definition) is 0. The molecule has 0 saturated heterocycles. The van der Waals surface area contributed by atoms with Crippen molar-refractivity contribution < 1.29 is 52.7 Å². The van der Waals surface area contributed by atoms with Crippen molar-refractivity contribution in [2.45, 2.75) is 89.1 Å². The molecule has 0 spiro atoms. The second-order valence-electron chi connectivity index (χ2n) is 12.6. The molecule has 0 N–H and O–H groups in total. The quantitative estimate of drug-likeness (QED) is 0.216. The summed E-state index contributed by atoms with van der Waals surface area (Å²) in [4.78, 5) is 0. The minimum atomic E-state index is -5.29. The molecule has 1 aliphatic carbocycles. The highest BCUT2D eigenvalue weighted by molar-refractivity contribution is 7.76. The van der Waals surface area contributed by atoms with Crippen LogP contribution in [0.2, 0.25) is 0 Å². The molecule has 1 fully saturated rings. The maximum atomic E-state index is 13.9. The van der Waals surface area contributed by atoms with E-state index in [0.29, 0.717) is 30.2 Å². The summed E-state index contributed by atoms with van der Waals surface area (Å²) in [6.07, 6.45) is -16.8. The van der Waals surface area contributed by atoms with E-state index in [1.807, 2.05) is 48.5 Å². The lowest BCUT2D eigenvalue weighted by atomic mass is 10.0. The van der Waals surface area contributed by atoms with Crippen LogP contribution in [-0.2, 0) is 24.7 Å². The highest BCUT2D eigenvalue weighted by Gasteiger charge is 2.49. The molecule has 0 aromatic heterocycles. The van der Waals surface area contributed by atoms with E-state index in [-0.39, 0.29) is 28.1 Å². The Hall–Kier alpha value is -1.54. The number of alkyl halides is 12. The second kappa shape index (κ2) is 12.5. The van der Waals surface area contributed by atoms with Gasteiger partial charge in [-0.15, -0.1) is 0 Å². The van der Waals surface area contributed by atoms with Crippen LogP contribution in [0.15, 0.2) is 36.4 Å². The Labute approximate surface area is 257 Å². The van der Waals surface area contributed by atoms with Crippen LogP contribution in [0, 0.1) is 30.8 Å². The van der Waals surface area contributed by atoms with Gasteiger partial charge in [0.05, 0.1) is 22.3 Å². The third kappa shape index (κ3) is 8.88. The van der Waals surface area contributed by atoms with Crippen LogP contribution in [0.1, 0.15) is 70.7 Å². The molecule has 1 saturated carbocycles. The average molecular weight is 694 g/mol. The van der Waals surface area contributed by atoms with Crippen LogP contribution in [0.5, 0.6) is 0 Å². The van der Waals surface area contributed by atoms with E-state index in [4.69, 9.17) is 0 Å². The number of halogens is 12. The number of hydrogen-bond donors (Lipinski definition) is 0. The second-order valence-corrected chi connectivity index (χ2v) is 19.0. The minimum Gasteiger partial charge on any atom is -0.166 e. The molecule has 3 rings (SSSR count). The maximum Gasteiger partial charge on any atom is 0.416 e. The molecule has 5 radical (unpaired) electrons. The van der Waals surface area contributed by atoms with Crippen molar-refractivity contribution in [1.29, 1.82) is 0 Å². The van der Waals surface area contributed by atoms with Gasteiger partial charge in [-0.05, 0) is 96.1 Å². The monoisotopic (exact) mass is 693 g/mol. The normalized spacial score (nSPS) is 17.5. The Balaban J connectivity index is 2.42. The molecule has 2 aromatic carbocycles. The van der Waals surface area contributed by atoms with Crippen LogP contribution in [-0.4, -0.2) is 16.0 Å². The summed E-state index contributed by atoms with van der Waals surface area (Å²) in [7, 11) is -3.84. The summed E-state index contributed by atoms with van der Waals surface area (Å²) in [6, 6.07) is 1.27. The van der Waals surface area contributed by atoms with Crippen LogP contribution in [0.4, 0.5) is 52.7 Å². The summed E-state index contributed by atoms with van der Waals surface area (Å²) >= 11 is 0. The van der Waals surface area contributed by atoms with Gasteiger partial charge in [-0.25, -0.2) is 0 Å². The van der Waals surface area contributed by atoms with Crippen LogP contribution >= 0.6 is 15.8 Å². The molecule has 0 bridgehead atoms. The minimum absolute atomic E-state index is 0.0818. The van der Waals surface area contributed by atoms with E-state index in [2.05, 4.69) is 0 Å². The predicted molar refractivity (Wildman–Crippen MR) is 154 cm³/mol. The van der Waals surface area contributed by atoms with Gasteiger partial charge < -0.3 is 0 Å². The standard InChI is InChI=1S/C31H31F12P2/c1-17(45(26(2,3)4)27(5,6)7)24-9-8-10-25(24)44(22-13-18(28(32,33)34)11-19(14-22)29(35,36)37)23-15-20(30(38,39)40)12-21(16-23)31(41,42)43/h8-17H,1-7H3/t17-/m1/s1. The molecule has 0 nitrogen and oxygen atoms in total. The van der Waals surface area contributed by atoms with Crippen LogP contribution < -0.4 is 10.6 Å². The van der Waals surface area contributed by atoms with Crippen molar-refractivity contribution in [1.82, 2.24) is 0 Å². The lowest BCUT2D eigenvalue weighted by Crippen LogP contribution is -2.35. The summed E-state index contributed by atoms with van der Waals surface area (Å²) in [5.41, 5.74) is -7.22. The molecule has 1 aliphatic rings. The molecule has 2 aromatic rings. The van der Waals surface area contributed by atoms with Gasteiger partial charge in [-0.1, -0.05) is 56.4 Å². The van der Waals surface area contributed by atoms with Crippen molar-refractivity contribution in [2.75, 3.05) is 0 Å². The van der Waals surface area contributed by atoms with Crippen LogP contribution in [0.3, 0.4) is 0 Å². The first-order chi connectivity index (χ1) is 20.0. The van der Waals surface area contributed by atoms with E-state index < -0.39 is 79.1 Å². The fraction of sp³-hybridized carbons (Fsp3) is 0.452. The molecule has 249 valence electrons. The van der Waals surface area contributed by atoms with Gasteiger partial charge in [-0.3, -0.25) is 0 Å². The largest absolute Gasteiger partial charge is 0.416 e. The number of rotatable bonds is 5. The van der Waals surface area contributed by atoms with E-state index >= 15 is 0 Å². The topological polar surface area (TPSA) is 0 Å².